The third kappa shape index (κ3) is 4.97. The zero-order valence-electron chi connectivity index (χ0n) is 27.1. The predicted molar refractivity (Wildman–Crippen MR) is 175 cm³/mol. The summed E-state index contributed by atoms with van der Waals surface area (Å²) in [4.78, 5) is 20.7. The van der Waals surface area contributed by atoms with Crippen LogP contribution in [0.3, 0.4) is 0 Å². The van der Waals surface area contributed by atoms with Gasteiger partial charge in [-0.1, -0.05) is 24.3 Å². The van der Waals surface area contributed by atoms with Crippen LogP contribution in [-0.4, -0.2) is 108 Å². The zero-order valence-corrected chi connectivity index (χ0v) is 27.9. The second-order valence-corrected chi connectivity index (χ2v) is 15.2. The number of H-pyrrole nitrogens is 1. The topological polar surface area (TPSA) is 97.8 Å². The Balaban J connectivity index is 1.14. The van der Waals surface area contributed by atoms with Crippen molar-refractivity contribution in [1.29, 1.82) is 0 Å². The highest BCUT2D eigenvalue weighted by atomic mass is 32.2. The molecule has 2 saturated heterocycles. The van der Waals surface area contributed by atoms with Crippen LogP contribution in [0.2, 0.25) is 0 Å². The number of sulfonamides is 1. The molecule has 4 heterocycles. The van der Waals surface area contributed by atoms with E-state index in [1.54, 1.807) is 24.8 Å². The molecule has 1 N–H and O–H groups in total. The van der Waals surface area contributed by atoms with Gasteiger partial charge in [0.25, 0.3) is 5.91 Å². The van der Waals surface area contributed by atoms with Crippen LogP contribution in [0.25, 0.3) is 10.9 Å². The van der Waals surface area contributed by atoms with Crippen molar-refractivity contribution < 1.29 is 17.6 Å². The maximum Gasteiger partial charge on any atom is 0.256 e. The SMILES string of the molecule is Cc1n[nH]c(C)c1S(=O)(=O)N1CCN(C(=O)c2cccc3c([C@H]4CN(C5CCc6cccc(F)c65)C[C@@H]4N(C)C)cn(C)c23)CC1. The number of hydrogen-bond donors (Lipinski definition) is 1. The van der Waals surface area contributed by atoms with Gasteiger partial charge >= 0.3 is 0 Å². The summed E-state index contributed by atoms with van der Waals surface area (Å²) in [5.41, 5.74) is 5.64. The summed E-state index contributed by atoms with van der Waals surface area (Å²) in [5.74, 6) is -0.0203. The number of amides is 1. The van der Waals surface area contributed by atoms with Crippen molar-refractivity contribution in [2.24, 2.45) is 7.05 Å². The number of aromatic nitrogens is 3. The molecule has 0 bridgehead atoms. The minimum absolute atomic E-state index is 0.0691. The van der Waals surface area contributed by atoms with E-state index in [2.05, 4.69) is 57.0 Å². The van der Waals surface area contributed by atoms with Crippen molar-refractivity contribution in [2.75, 3.05) is 53.4 Å². The Morgan fingerprint density at radius 1 is 1.04 bits per heavy atom. The number of piperazine rings is 1. The van der Waals surface area contributed by atoms with Gasteiger partial charge in [-0.2, -0.15) is 9.40 Å². The second kappa shape index (κ2) is 11.6. The molecule has 2 aromatic heterocycles. The van der Waals surface area contributed by atoms with Gasteiger partial charge in [-0.3, -0.25) is 14.8 Å². The molecule has 12 heteroatoms. The molecular formula is C34H42FN7O3S. The number of carbonyl (C=O) groups is 1. The minimum atomic E-state index is -3.71. The standard InChI is InChI=1S/C34H42FN7O3S/c1-21-33(22(2)37-36-21)46(44,45)42-16-14-40(15-17-42)34(43)25-10-7-9-24-26(18-39(5)32(24)25)27-19-41(20-30(27)38(3)4)29-13-12-23-8-6-11-28(35)31(23)29/h6-11,18,27,29-30H,12-17,19-20H2,1-5H3,(H,36,37)/t27-,29?,30+/m1/s1. The lowest BCUT2D eigenvalue weighted by Crippen LogP contribution is -2.50. The first-order chi connectivity index (χ1) is 22.0. The first-order valence-electron chi connectivity index (χ1n) is 16.0. The summed E-state index contributed by atoms with van der Waals surface area (Å²) in [5, 5.41) is 7.88. The van der Waals surface area contributed by atoms with Crippen LogP contribution >= 0.6 is 0 Å². The smallest absolute Gasteiger partial charge is 0.256 e. The molecule has 7 rings (SSSR count). The lowest BCUT2D eigenvalue weighted by Gasteiger charge is -2.34. The van der Waals surface area contributed by atoms with Gasteiger partial charge < -0.3 is 14.4 Å². The highest BCUT2D eigenvalue weighted by Gasteiger charge is 2.42. The molecule has 1 amide bonds. The summed E-state index contributed by atoms with van der Waals surface area (Å²) < 4.78 is 45.3. The number of rotatable bonds is 6. The minimum Gasteiger partial charge on any atom is -0.350 e. The van der Waals surface area contributed by atoms with Crippen LogP contribution in [0, 0.1) is 19.7 Å². The fraction of sp³-hybridized carbons (Fsp3) is 0.471. The normalized spacial score (nSPS) is 22.8. The zero-order chi connectivity index (χ0) is 32.5. The van der Waals surface area contributed by atoms with Crippen molar-refractivity contribution >= 4 is 26.8 Å². The lowest BCUT2D eigenvalue weighted by atomic mass is 9.92. The number of nitrogens with zero attached hydrogens (tertiary/aromatic N) is 6. The van der Waals surface area contributed by atoms with Crippen molar-refractivity contribution in [3.8, 4) is 0 Å². The van der Waals surface area contributed by atoms with E-state index in [0.29, 0.717) is 30.0 Å². The number of hydrogen-bond acceptors (Lipinski definition) is 6. The summed E-state index contributed by atoms with van der Waals surface area (Å²) in [6.45, 7) is 6.10. The molecule has 2 fully saturated rings. The molecule has 4 aromatic rings. The summed E-state index contributed by atoms with van der Waals surface area (Å²) in [6, 6.07) is 11.7. The maximum absolute atomic E-state index is 15.0. The average Bonchev–Trinajstić information content (AvgIpc) is 3.81. The van der Waals surface area contributed by atoms with Crippen LogP contribution in [-0.2, 0) is 23.5 Å². The number of carbonyl (C=O) groups excluding carboxylic acids is 1. The molecule has 2 aliphatic heterocycles. The highest BCUT2D eigenvalue weighted by Crippen LogP contribution is 2.44. The average molecular weight is 648 g/mol. The number of aryl methyl sites for hydroxylation is 4. The molecule has 1 aliphatic carbocycles. The van der Waals surface area contributed by atoms with E-state index in [9.17, 15) is 13.2 Å². The van der Waals surface area contributed by atoms with Gasteiger partial charge in [-0.05, 0) is 64.0 Å². The third-order valence-corrected chi connectivity index (χ3v) is 12.6. The van der Waals surface area contributed by atoms with Gasteiger partial charge in [0.15, 0.2) is 0 Å². The molecule has 10 nitrogen and oxygen atoms in total. The molecule has 2 aromatic carbocycles. The quantitative estimate of drug-likeness (QED) is 0.342. The first-order valence-corrected chi connectivity index (χ1v) is 17.5. The number of para-hydroxylation sites is 1. The number of aromatic amines is 1. The van der Waals surface area contributed by atoms with Crippen LogP contribution in [0.4, 0.5) is 4.39 Å². The van der Waals surface area contributed by atoms with Gasteiger partial charge in [-0.15, -0.1) is 0 Å². The van der Waals surface area contributed by atoms with Gasteiger partial charge in [0.1, 0.15) is 10.7 Å². The number of benzene rings is 2. The van der Waals surface area contributed by atoms with Crippen molar-refractivity contribution in [2.45, 2.75) is 49.6 Å². The van der Waals surface area contributed by atoms with Crippen LogP contribution in [0.15, 0.2) is 47.5 Å². The molecule has 0 spiro atoms. The molecular weight excluding hydrogens is 605 g/mol. The Morgan fingerprint density at radius 3 is 2.48 bits per heavy atom. The molecule has 46 heavy (non-hydrogen) atoms. The number of likely N-dealkylation sites (N-methyl/N-ethyl adjacent to an activating group) is 1. The fourth-order valence-corrected chi connectivity index (χ4v) is 9.95. The predicted octanol–water partition coefficient (Wildman–Crippen LogP) is 3.82. The van der Waals surface area contributed by atoms with E-state index in [4.69, 9.17) is 0 Å². The van der Waals surface area contributed by atoms with Crippen LogP contribution in [0.5, 0.6) is 0 Å². The maximum atomic E-state index is 15.0. The van der Waals surface area contributed by atoms with Crippen molar-refractivity contribution in [3.05, 3.63) is 82.1 Å². The third-order valence-electron chi connectivity index (χ3n) is 10.4. The van der Waals surface area contributed by atoms with E-state index in [1.807, 2.05) is 25.2 Å². The molecule has 0 saturated carbocycles. The van der Waals surface area contributed by atoms with Crippen molar-refractivity contribution in [1.82, 2.24) is 33.8 Å². The Kier molecular flexibility index (Phi) is 7.82. The second-order valence-electron chi connectivity index (χ2n) is 13.3. The number of fused-ring (bicyclic) bond motifs is 2. The molecule has 0 radical (unpaired) electrons. The largest absolute Gasteiger partial charge is 0.350 e. The van der Waals surface area contributed by atoms with Gasteiger partial charge in [-0.25, -0.2) is 12.8 Å². The van der Waals surface area contributed by atoms with Crippen LogP contribution in [0.1, 0.15) is 56.8 Å². The van der Waals surface area contributed by atoms with E-state index in [1.165, 1.54) is 9.87 Å². The molecule has 3 aliphatic rings. The summed E-state index contributed by atoms with van der Waals surface area (Å²) in [6.07, 6.45) is 3.98. The number of likely N-dealkylation sites (tertiary alicyclic amines) is 1. The first kappa shape index (κ1) is 31.0. The van der Waals surface area contributed by atoms with Gasteiger partial charge in [0, 0.05) is 81.5 Å². The molecule has 3 atom stereocenters. The summed E-state index contributed by atoms with van der Waals surface area (Å²) >= 11 is 0. The number of halogens is 1. The molecule has 244 valence electrons. The Bertz CT molecular complexity index is 1910. The Labute approximate surface area is 269 Å². The monoisotopic (exact) mass is 647 g/mol. The van der Waals surface area contributed by atoms with Crippen molar-refractivity contribution in [3.63, 3.8) is 0 Å². The highest BCUT2D eigenvalue weighted by molar-refractivity contribution is 7.89. The van der Waals surface area contributed by atoms with E-state index >= 15 is 4.39 Å². The molecule has 1 unspecified atom stereocenters. The fourth-order valence-electron chi connectivity index (χ4n) is 8.19. The van der Waals surface area contributed by atoms with Gasteiger partial charge in [0.2, 0.25) is 10.0 Å². The Morgan fingerprint density at radius 2 is 1.78 bits per heavy atom. The van der Waals surface area contributed by atoms with Gasteiger partial charge in [0.05, 0.1) is 22.5 Å². The van der Waals surface area contributed by atoms with E-state index < -0.39 is 10.0 Å². The Hall–Kier alpha value is -3.58. The van der Waals surface area contributed by atoms with E-state index in [0.717, 1.165) is 48.0 Å². The lowest BCUT2D eigenvalue weighted by molar-refractivity contribution is 0.0699. The van der Waals surface area contributed by atoms with E-state index in [-0.39, 0.29) is 47.7 Å². The number of nitrogens with one attached hydrogen (secondary N) is 1. The van der Waals surface area contributed by atoms with Crippen LogP contribution < -0.4 is 0 Å². The summed E-state index contributed by atoms with van der Waals surface area (Å²) in [7, 11) is 2.50.